The van der Waals surface area contributed by atoms with Crippen LogP contribution in [0.4, 0.5) is 0 Å². The Labute approximate surface area is 83.5 Å². The summed E-state index contributed by atoms with van der Waals surface area (Å²) < 4.78 is 5.50. The third-order valence-corrected chi connectivity index (χ3v) is 3.07. The minimum absolute atomic E-state index is 0.00574. The predicted molar refractivity (Wildman–Crippen MR) is 52.6 cm³/mol. The van der Waals surface area contributed by atoms with E-state index in [9.17, 15) is 4.79 Å². The van der Waals surface area contributed by atoms with Crippen LogP contribution >= 0.6 is 0 Å². The zero-order valence-electron chi connectivity index (χ0n) is 8.27. The summed E-state index contributed by atoms with van der Waals surface area (Å²) >= 11 is 0. The summed E-state index contributed by atoms with van der Waals surface area (Å²) in [6.07, 6.45) is 4.41. The van der Waals surface area contributed by atoms with Gasteiger partial charge in [-0.05, 0) is 19.4 Å². The Morgan fingerprint density at radius 3 is 3.14 bits per heavy atom. The summed E-state index contributed by atoms with van der Waals surface area (Å²) in [7, 11) is 0. The van der Waals surface area contributed by atoms with E-state index in [2.05, 4.69) is 5.32 Å². The standard InChI is InChI=1S/C10H16N2O2/c1-2-3-7(13)12-9-8(11)6-4-5-14-10(6)9/h2-3,6,8-10H,4-5,11H2,1H3,(H,12,13)/b3-2+. The van der Waals surface area contributed by atoms with E-state index in [0.717, 1.165) is 13.0 Å². The van der Waals surface area contributed by atoms with Crippen LogP contribution in [0.3, 0.4) is 0 Å². The number of carbonyl (C=O) groups is 1. The number of nitrogens with one attached hydrogen (secondary N) is 1. The van der Waals surface area contributed by atoms with Crippen molar-refractivity contribution in [2.75, 3.05) is 6.61 Å². The van der Waals surface area contributed by atoms with Gasteiger partial charge in [0.1, 0.15) is 0 Å². The molecule has 4 nitrogen and oxygen atoms in total. The second-order valence-corrected chi connectivity index (χ2v) is 3.90. The minimum atomic E-state index is -0.0816. The van der Waals surface area contributed by atoms with Gasteiger partial charge >= 0.3 is 0 Å². The Kier molecular flexibility index (Phi) is 2.56. The zero-order valence-corrected chi connectivity index (χ0v) is 8.27. The Morgan fingerprint density at radius 2 is 2.43 bits per heavy atom. The molecule has 0 aromatic carbocycles. The average Bonchev–Trinajstić information content (AvgIpc) is 2.59. The molecule has 1 saturated carbocycles. The quantitative estimate of drug-likeness (QED) is 0.601. The maximum Gasteiger partial charge on any atom is 0.244 e. The van der Waals surface area contributed by atoms with Gasteiger partial charge in [-0.3, -0.25) is 4.79 Å². The molecule has 4 unspecified atom stereocenters. The van der Waals surface area contributed by atoms with Gasteiger partial charge in [-0.2, -0.15) is 0 Å². The highest BCUT2D eigenvalue weighted by Crippen LogP contribution is 2.37. The SMILES string of the molecule is C/C=C/C(=O)NC1C(N)C2CCOC21. The molecule has 2 aliphatic rings. The smallest absolute Gasteiger partial charge is 0.244 e. The van der Waals surface area contributed by atoms with Crippen molar-refractivity contribution in [1.29, 1.82) is 0 Å². The van der Waals surface area contributed by atoms with Crippen molar-refractivity contribution in [3.63, 3.8) is 0 Å². The third kappa shape index (κ3) is 1.44. The van der Waals surface area contributed by atoms with Crippen LogP contribution in [0.25, 0.3) is 0 Å². The first-order valence-corrected chi connectivity index (χ1v) is 5.04. The molecule has 1 aliphatic carbocycles. The van der Waals surface area contributed by atoms with Gasteiger partial charge in [0, 0.05) is 18.6 Å². The molecular weight excluding hydrogens is 180 g/mol. The van der Waals surface area contributed by atoms with E-state index in [1.807, 2.05) is 6.92 Å². The Morgan fingerprint density at radius 1 is 1.64 bits per heavy atom. The van der Waals surface area contributed by atoms with Crippen molar-refractivity contribution >= 4 is 5.91 Å². The van der Waals surface area contributed by atoms with Gasteiger partial charge in [-0.1, -0.05) is 6.08 Å². The predicted octanol–water partition coefficient (Wildman–Crippen LogP) is -0.207. The van der Waals surface area contributed by atoms with E-state index >= 15 is 0 Å². The fourth-order valence-corrected chi connectivity index (χ4v) is 2.29. The van der Waals surface area contributed by atoms with Crippen LogP contribution in [0.15, 0.2) is 12.2 Å². The Hall–Kier alpha value is -0.870. The molecule has 4 heteroatoms. The van der Waals surface area contributed by atoms with Crippen LogP contribution in [0.2, 0.25) is 0 Å². The maximum absolute atomic E-state index is 11.3. The molecule has 1 aliphatic heterocycles. The monoisotopic (exact) mass is 196 g/mol. The van der Waals surface area contributed by atoms with Gasteiger partial charge in [0.25, 0.3) is 0 Å². The van der Waals surface area contributed by atoms with Gasteiger partial charge in [0.05, 0.1) is 12.1 Å². The minimum Gasteiger partial charge on any atom is -0.376 e. The van der Waals surface area contributed by atoms with E-state index in [1.54, 1.807) is 6.08 Å². The van der Waals surface area contributed by atoms with Gasteiger partial charge in [0.2, 0.25) is 5.91 Å². The molecule has 2 rings (SSSR count). The summed E-state index contributed by atoms with van der Waals surface area (Å²) in [5, 5.41) is 2.86. The topological polar surface area (TPSA) is 64.4 Å². The second-order valence-electron chi connectivity index (χ2n) is 3.90. The molecule has 1 saturated heterocycles. The van der Waals surface area contributed by atoms with Crippen LogP contribution in [0.1, 0.15) is 13.3 Å². The zero-order chi connectivity index (χ0) is 10.1. The highest BCUT2D eigenvalue weighted by atomic mass is 16.5. The highest BCUT2D eigenvalue weighted by Gasteiger charge is 2.52. The average molecular weight is 196 g/mol. The van der Waals surface area contributed by atoms with E-state index < -0.39 is 0 Å². The molecule has 3 N–H and O–H groups in total. The summed E-state index contributed by atoms with van der Waals surface area (Å²) in [5.74, 6) is 0.368. The van der Waals surface area contributed by atoms with Crippen molar-refractivity contribution in [3.8, 4) is 0 Å². The normalized spacial score (nSPS) is 40.7. The molecule has 4 atom stereocenters. The molecule has 0 bridgehead atoms. The maximum atomic E-state index is 11.3. The van der Waals surface area contributed by atoms with Crippen molar-refractivity contribution in [3.05, 3.63) is 12.2 Å². The Bertz CT molecular complexity index is 265. The van der Waals surface area contributed by atoms with Gasteiger partial charge in [-0.15, -0.1) is 0 Å². The van der Waals surface area contributed by atoms with Crippen LogP contribution < -0.4 is 11.1 Å². The lowest BCUT2D eigenvalue weighted by Gasteiger charge is -2.45. The summed E-state index contributed by atoms with van der Waals surface area (Å²) in [6.45, 7) is 2.59. The first-order chi connectivity index (χ1) is 6.74. The molecule has 0 spiro atoms. The van der Waals surface area contributed by atoms with E-state index in [4.69, 9.17) is 10.5 Å². The molecule has 1 heterocycles. The molecule has 2 fully saturated rings. The number of nitrogens with two attached hydrogens (primary N) is 1. The molecule has 0 aromatic rings. The van der Waals surface area contributed by atoms with Gasteiger partial charge in [-0.25, -0.2) is 0 Å². The first kappa shape index (κ1) is 9.68. The van der Waals surface area contributed by atoms with Gasteiger partial charge < -0.3 is 15.8 Å². The van der Waals surface area contributed by atoms with Crippen molar-refractivity contribution < 1.29 is 9.53 Å². The molecular formula is C10H16N2O2. The molecule has 1 amide bonds. The molecule has 0 radical (unpaired) electrons. The number of hydrogen-bond acceptors (Lipinski definition) is 3. The fraction of sp³-hybridized carbons (Fsp3) is 0.700. The number of fused-ring (bicyclic) bond motifs is 1. The molecule has 78 valence electrons. The summed E-state index contributed by atoms with van der Waals surface area (Å²) in [5.41, 5.74) is 5.93. The van der Waals surface area contributed by atoms with Crippen LogP contribution in [0, 0.1) is 5.92 Å². The largest absolute Gasteiger partial charge is 0.376 e. The third-order valence-electron chi connectivity index (χ3n) is 3.07. The molecule has 14 heavy (non-hydrogen) atoms. The molecule has 0 aromatic heterocycles. The number of amides is 1. The van der Waals surface area contributed by atoms with E-state index in [1.165, 1.54) is 6.08 Å². The van der Waals surface area contributed by atoms with Crippen molar-refractivity contribution in [1.82, 2.24) is 5.32 Å². The number of carbonyl (C=O) groups excluding carboxylic acids is 1. The van der Waals surface area contributed by atoms with Crippen molar-refractivity contribution in [2.24, 2.45) is 11.7 Å². The van der Waals surface area contributed by atoms with E-state index in [-0.39, 0.29) is 24.1 Å². The van der Waals surface area contributed by atoms with E-state index in [0.29, 0.717) is 5.92 Å². The lowest BCUT2D eigenvalue weighted by atomic mass is 9.72. The van der Waals surface area contributed by atoms with Crippen LogP contribution in [-0.2, 0) is 9.53 Å². The van der Waals surface area contributed by atoms with Gasteiger partial charge in [0.15, 0.2) is 0 Å². The fourth-order valence-electron chi connectivity index (χ4n) is 2.29. The van der Waals surface area contributed by atoms with Crippen molar-refractivity contribution in [2.45, 2.75) is 31.5 Å². The summed E-state index contributed by atoms with van der Waals surface area (Å²) in [6, 6.07) is 0.0721. The number of hydrogen-bond donors (Lipinski definition) is 2. The van der Waals surface area contributed by atoms with Crippen LogP contribution in [0.5, 0.6) is 0 Å². The number of rotatable bonds is 2. The lowest BCUT2D eigenvalue weighted by molar-refractivity contribution is -0.121. The number of ether oxygens (including phenoxy) is 1. The second kappa shape index (κ2) is 3.71. The first-order valence-electron chi connectivity index (χ1n) is 5.04. The highest BCUT2D eigenvalue weighted by molar-refractivity contribution is 5.87. The Balaban J connectivity index is 1.90. The summed E-state index contributed by atoms with van der Waals surface area (Å²) in [4.78, 5) is 11.3. The van der Waals surface area contributed by atoms with Crippen LogP contribution in [-0.4, -0.2) is 30.7 Å². The lowest BCUT2D eigenvalue weighted by Crippen LogP contribution is -2.68. The number of allylic oxidation sites excluding steroid dienone is 1.